The van der Waals surface area contributed by atoms with Gasteiger partial charge in [0.15, 0.2) is 0 Å². The molecule has 0 spiro atoms. The van der Waals surface area contributed by atoms with Gasteiger partial charge in [0.05, 0.1) is 0 Å². The van der Waals surface area contributed by atoms with Crippen LogP contribution in [0.15, 0.2) is 42.5 Å². The minimum absolute atomic E-state index is 0.622. The van der Waals surface area contributed by atoms with Gasteiger partial charge in [-0.15, -0.1) is 0 Å². The summed E-state index contributed by atoms with van der Waals surface area (Å²) < 4.78 is 0. The molecule has 2 aromatic carbocycles. The molecule has 1 saturated heterocycles. The second kappa shape index (κ2) is 8.33. The van der Waals surface area contributed by atoms with Gasteiger partial charge in [-0.25, -0.2) is 0 Å². The fourth-order valence-electron chi connectivity index (χ4n) is 4.82. The summed E-state index contributed by atoms with van der Waals surface area (Å²) in [5, 5.41) is 10.4. The van der Waals surface area contributed by atoms with Crippen molar-refractivity contribution in [3.8, 4) is 0 Å². The molecule has 1 unspecified atom stereocenters. The predicted molar refractivity (Wildman–Crippen MR) is 107 cm³/mol. The lowest BCUT2D eigenvalue weighted by atomic mass is 9.83. The summed E-state index contributed by atoms with van der Waals surface area (Å²) >= 11 is 0. The van der Waals surface area contributed by atoms with Crippen molar-refractivity contribution in [2.75, 3.05) is 6.54 Å². The Kier molecular flexibility index (Phi) is 5.68. The second-order valence-electron chi connectivity index (χ2n) is 8.11. The molecule has 0 amide bonds. The molecule has 0 aromatic heterocycles. The molecule has 1 aliphatic carbocycles. The monoisotopic (exact) mass is 336 g/mol. The molecule has 2 heteroatoms. The Balaban J connectivity index is 1.41. The van der Waals surface area contributed by atoms with E-state index in [-0.39, 0.29) is 0 Å². The largest absolute Gasteiger partial charge is 0.312 e. The average Bonchev–Trinajstić information content (AvgIpc) is 3.20. The van der Waals surface area contributed by atoms with Crippen molar-refractivity contribution in [2.24, 2.45) is 5.92 Å². The second-order valence-corrected chi connectivity index (χ2v) is 8.11. The molecule has 2 fully saturated rings. The SMILES string of the molecule is c1ccc2cc(CN[C@@H](CC3CCCCC3)C3CCCN3)ccc2c1. The first-order valence-electron chi connectivity index (χ1n) is 10.3. The number of hydrogen-bond donors (Lipinski definition) is 2. The van der Waals surface area contributed by atoms with Crippen molar-refractivity contribution in [3.63, 3.8) is 0 Å². The minimum Gasteiger partial charge on any atom is -0.312 e. The Morgan fingerprint density at radius 3 is 2.56 bits per heavy atom. The van der Waals surface area contributed by atoms with Gasteiger partial charge in [0.1, 0.15) is 0 Å². The molecule has 2 nitrogen and oxygen atoms in total. The van der Waals surface area contributed by atoms with E-state index in [0.717, 1.165) is 12.5 Å². The zero-order valence-corrected chi connectivity index (χ0v) is 15.3. The molecule has 2 aliphatic rings. The maximum absolute atomic E-state index is 3.93. The maximum atomic E-state index is 3.93. The lowest BCUT2D eigenvalue weighted by molar-refractivity contribution is 0.268. The van der Waals surface area contributed by atoms with E-state index < -0.39 is 0 Å². The van der Waals surface area contributed by atoms with Crippen LogP contribution in [0.25, 0.3) is 10.8 Å². The first-order chi connectivity index (χ1) is 12.4. The van der Waals surface area contributed by atoms with Gasteiger partial charge in [0, 0.05) is 18.6 Å². The lowest BCUT2D eigenvalue weighted by Crippen LogP contribution is -2.45. The summed E-state index contributed by atoms with van der Waals surface area (Å²) in [6.45, 7) is 2.18. The normalized spacial score (nSPS) is 23.1. The van der Waals surface area contributed by atoms with Gasteiger partial charge < -0.3 is 10.6 Å². The maximum Gasteiger partial charge on any atom is 0.0227 e. The van der Waals surface area contributed by atoms with Crippen LogP contribution in [0.3, 0.4) is 0 Å². The molecule has 0 radical (unpaired) electrons. The van der Waals surface area contributed by atoms with Gasteiger partial charge in [-0.2, -0.15) is 0 Å². The highest BCUT2D eigenvalue weighted by Gasteiger charge is 2.27. The fraction of sp³-hybridized carbons (Fsp3) is 0.565. The van der Waals surface area contributed by atoms with Crippen molar-refractivity contribution in [3.05, 3.63) is 48.0 Å². The molecule has 2 N–H and O–H groups in total. The number of rotatable bonds is 6. The Morgan fingerprint density at radius 2 is 1.76 bits per heavy atom. The zero-order chi connectivity index (χ0) is 16.9. The first kappa shape index (κ1) is 17.1. The Labute approximate surface area is 152 Å². The van der Waals surface area contributed by atoms with E-state index in [4.69, 9.17) is 0 Å². The van der Waals surface area contributed by atoms with Crippen molar-refractivity contribution < 1.29 is 0 Å². The highest BCUT2D eigenvalue weighted by atomic mass is 15.0. The van der Waals surface area contributed by atoms with E-state index in [0.29, 0.717) is 12.1 Å². The van der Waals surface area contributed by atoms with Crippen LogP contribution in [0.5, 0.6) is 0 Å². The van der Waals surface area contributed by atoms with Gasteiger partial charge in [0.25, 0.3) is 0 Å². The number of nitrogens with one attached hydrogen (secondary N) is 2. The van der Waals surface area contributed by atoms with E-state index in [1.165, 1.54) is 74.2 Å². The molecule has 1 heterocycles. The van der Waals surface area contributed by atoms with Crippen LogP contribution < -0.4 is 10.6 Å². The average molecular weight is 337 g/mol. The van der Waals surface area contributed by atoms with Crippen LogP contribution in [-0.4, -0.2) is 18.6 Å². The van der Waals surface area contributed by atoms with Gasteiger partial charge in [0.2, 0.25) is 0 Å². The van der Waals surface area contributed by atoms with Crippen LogP contribution in [0, 0.1) is 5.92 Å². The third kappa shape index (κ3) is 4.43. The van der Waals surface area contributed by atoms with Crippen LogP contribution in [0.1, 0.15) is 56.9 Å². The molecule has 0 bridgehead atoms. The quantitative estimate of drug-likeness (QED) is 0.774. The third-order valence-corrected chi connectivity index (χ3v) is 6.28. The Morgan fingerprint density at radius 1 is 0.920 bits per heavy atom. The summed E-state index contributed by atoms with van der Waals surface area (Å²) in [5.41, 5.74) is 1.41. The van der Waals surface area contributed by atoms with Crippen molar-refractivity contribution in [1.29, 1.82) is 0 Å². The number of hydrogen-bond acceptors (Lipinski definition) is 2. The van der Waals surface area contributed by atoms with E-state index in [9.17, 15) is 0 Å². The molecule has 4 rings (SSSR count). The summed E-state index contributed by atoms with van der Waals surface area (Å²) in [7, 11) is 0. The van der Waals surface area contributed by atoms with E-state index >= 15 is 0 Å². The van der Waals surface area contributed by atoms with Crippen molar-refractivity contribution in [2.45, 2.75) is 70.0 Å². The smallest absolute Gasteiger partial charge is 0.0227 e. The fourth-order valence-corrected chi connectivity index (χ4v) is 4.82. The first-order valence-corrected chi connectivity index (χ1v) is 10.3. The minimum atomic E-state index is 0.622. The topological polar surface area (TPSA) is 24.1 Å². The molecule has 2 atom stereocenters. The number of benzene rings is 2. The summed E-state index contributed by atoms with van der Waals surface area (Å²) in [6, 6.07) is 16.9. The third-order valence-electron chi connectivity index (χ3n) is 6.28. The molecular weight excluding hydrogens is 304 g/mol. The van der Waals surface area contributed by atoms with Crippen LogP contribution >= 0.6 is 0 Å². The zero-order valence-electron chi connectivity index (χ0n) is 15.3. The molecular formula is C23H32N2. The van der Waals surface area contributed by atoms with Gasteiger partial charge in [-0.05, 0) is 54.1 Å². The van der Waals surface area contributed by atoms with Gasteiger partial charge in [-0.3, -0.25) is 0 Å². The predicted octanol–water partition coefficient (Wildman–Crippen LogP) is 5.02. The van der Waals surface area contributed by atoms with Crippen LogP contribution in [-0.2, 0) is 6.54 Å². The van der Waals surface area contributed by atoms with E-state index in [1.54, 1.807) is 0 Å². The molecule has 2 aromatic rings. The highest BCUT2D eigenvalue weighted by molar-refractivity contribution is 5.82. The molecule has 1 saturated carbocycles. The summed E-state index contributed by atoms with van der Waals surface area (Å²) in [4.78, 5) is 0. The van der Waals surface area contributed by atoms with Gasteiger partial charge in [-0.1, -0.05) is 68.5 Å². The van der Waals surface area contributed by atoms with Crippen LogP contribution in [0.2, 0.25) is 0 Å². The summed E-state index contributed by atoms with van der Waals surface area (Å²) in [6.07, 6.45) is 11.3. The number of fused-ring (bicyclic) bond motifs is 1. The van der Waals surface area contributed by atoms with Gasteiger partial charge >= 0.3 is 0 Å². The Bertz CT molecular complexity index is 669. The Hall–Kier alpha value is -1.38. The van der Waals surface area contributed by atoms with E-state index in [1.807, 2.05) is 0 Å². The standard InChI is InChI=1S/C23H32N2/c1-2-7-18(8-3-1)16-23(22-11-6-14-24-22)25-17-19-12-13-20-9-4-5-10-21(20)15-19/h4-5,9-10,12-13,15,18,22-25H,1-3,6-8,11,14,16-17H2/t22?,23-/m0/s1. The molecule has 1 aliphatic heterocycles. The molecule has 25 heavy (non-hydrogen) atoms. The molecule has 134 valence electrons. The lowest BCUT2D eigenvalue weighted by Gasteiger charge is -2.31. The highest BCUT2D eigenvalue weighted by Crippen LogP contribution is 2.29. The van der Waals surface area contributed by atoms with Crippen molar-refractivity contribution in [1.82, 2.24) is 10.6 Å². The van der Waals surface area contributed by atoms with Crippen molar-refractivity contribution >= 4 is 10.8 Å². The van der Waals surface area contributed by atoms with Crippen LogP contribution in [0.4, 0.5) is 0 Å². The summed E-state index contributed by atoms with van der Waals surface area (Å²) in [5.74, 6) is 0.935. The van der Waals surface area contributed by atoms with E-state index in [2.05, 4.69) is 53.1 Å².